The molecular formula is C9H14N2O2S. The molecule has 0 aliphatic heterocycles. The van der Waals surface area contributed by atoms with E-state index in [4.69, 9.17) is 5.11 Å². The topological polar surface area (TPSA) is 62.2 Å². The molecule has 0 spiro atoms. The van der Waals surface area contributed by atoms with Gasteiger partial charge in [-0.05, 0) is 19.8 Å². The van der Waals surface area contributed by atoms with Crippen LogP contribution in [0.1, 0.15) is 27.5 Å². The summed E-state index contributed by atoms with van der Waals surface area (Å²) in [6.45, 7) is 2.65. The Morgan fingerprint density at radius 2 is 2.43 bits per heavy atom. The van der Waals surface area contributed by atoms with Crippen LogP contribution >= 0.6 is 11.3 Å². The number of carbonyl (C=O) groups excluding carboxylic acids is 1. The van der Waals surface area contributed by atoms with E-state index < -0.39 is 0 Å². The number of thiazole rings is 1. The van der Waals surface area contributed by atoms with Crippen LogP contribution in [-0.4, -0.2) is 29.1 Å². The Hall–Kier alpha value is -0.940. The minimum absolute atomic E-state index is 0.0754. The van der Waals surface area contributed by atoms with Crippen molar-refractivity contribution in [2.24, 2.45) is 0 Å². The van der Waals surface area contributed by atoms with E-state index in [0.29, 0.717) is 11.4 Å². The molecule has 0 saturated carbocycles. The first-order valence-corrected chi connectivity index (χ1v) is 5.37. The van der Waals surface area contributed by atoms with Gasteiger partial charge in [0.25, 0.3) is 5.91 Å². The molecule has 0 radical (unpaired) electrons. The zero-order valence-corrected chi connectivity index (χ0v) is 8.93. The Balaban J connectivity index is 2.29. The summed E-state index contributed by atoms with van der Waals surface area (Å²) >= 11 is 1.39. The fraction of sp³-hybridized carbons (Fsp3) is 0.556. The minimum Gasteiger partial charge on any atom is -0.396 e. The number of hydrogen-bond donors (Lipinski definition) is 2. The summed E-state index contributed by atoms with van der Waals surface area (Å²) in [6.07, 6.45) is 3.11. The Bertz CT molecular complexity index is 299. The van der Waals surface area contributed by atoms with Gasteiger partial charge in [0.1, 0.15) is 4.88 Å². The highest BCUT2D eigenvalue weighted by Gasteiger charge is 2.07. The van der Waals surface area contributed by atoms with Crippen molar-refractivity contribution in [1.29, 1.82) is 0 Å². The van der Waals surface area contributed by atoms with Crippen molar-refractivity contribution < 1.29 is 9.90 Å². The number of aliphatic hydroxyl groups excluding tert-OH is 1. The lowest BCUT2D eigenvalue weighted by molar-refractivity contribution is 0.0956. The predicted molar refractivity (Wildman–Crippen MR) is 55.5 cm³/mol. The third-order valence-electron chi connectivity index (χ3n) is 1.72. The second-order valence-electron chi connectivity index (χ2n) is 2.93. The van der Waals surface area contributed by atoms with Crippen LogP contribution in [0.2, 0.25) is 0 Å². The van der Waals surface area contributed by atoms with Crippen LogP contribution < -0.4 is 5.32 Å². The zero-order valence-electron chi connectivity index (χ0n) is 8.12. The second-order valence-corrected chi connectivity index (χ2v) is 4.16. The number of carbonyl (C=O) groups is 1. The lowest BCUT2D eigenvalue weighted by Crippen LogP contribution is -2.23. The summed E-state index contributed by atoms with van der Waals surface area (Å²) in [5.74, 6) is -0.0754. The molecule has 1 rings (SSSR count). The van der Waals surface area contributed by atoms with Crippen molar-refractivity contribution in [3.8, 4) is 0 Å². The first-order valence-electron chi connectivity index (χ1n) is 4.55. The van der Waals surface area contributed by atoms with Gasteiger partial charge in [-0.25, -0.2) is 4.98 Å². The molecule has 1 amide bonds. The molecule has 0 atom stereocenters. The van der Waals surface area contributed by atoms with Crippen molar-refractivity contribution in [1.82, 2.24) is 10.3 Å². The van der Waals surface area contributed by atoms with Gasteiger partial charge >= 0.3 is 0 Å². The number of nitrogens with zero attached hydrogens (tertiary/aromatic N) is 1. The van der Waals surface area contributed by atoms with Gasteiger partial charge in [0.2, 0.25) is 0 Å². The highest BCUT2D eigenvalue weighted by Crippen LogP contribution is 2.10. The maximum absolute atomic E-state index is 11.4. The summed E-state index contributed by atoms with van der Waals surface area (Å²) < 4.78 is 0. The van der Waals surface area contributed by atoms with Crippen LogP contribution in [0.15, 0.2) is 6.20 Å². The van der Waals surface area contributed by atoms with E-state index in [-0.39, 0.29) is 12.5 Å². The van der Waals surface area contributed by atoms with Crippen LogP contribution in [0.3, 0.4) is 0 Å². The molecule has 0 saturated heterocycles. The maximum Gasteiger partial charge on any atom is 0.263 e. The molecule has 5 heteroatoms. The van der Waals surface area contributed by atoms with Crippen LogP contribution in [-0.2, 0) is 0 Å². The second kappa shape index (κ2) is 5.72. The standard InChI is InChI=1S/C9H14N2O2S/c1-7-11-6-8(14-7)9(13)10-4-2-3-5-12/h6,12H,2-5H2,1H3,(H,10,13). The van der Waals surface area contributed by atoms with Gasteiger partial charge < -0.3 is 10.4 Å². The van der Waals surface area contributed by atoms with Crippen molar-refractivity contribution >= 4 is 17.2 Å². The predicted octanol–water partition coefficient (Wildman–Crippen LogP) is 0.954. The van der Waals surface area contributed by atoms with E-state index in [9.17, 15) is 4.79 Å². The number of aliphatic hydroxyl groups is 1. The Morgan fingerprint density at radius 1 is 1.64 bits per heavy atom. The van der Waals surface area contributed by atoms with E-state index in [0.717, 1.165) is 17.8 Å². The third-order valence-corrected chi connectivity index (χ3v) is 2.63. The first kappa shape index (κ1) is 11.1. The van der Waals surface area contributed by atoms with E-state index in [1.165, 1.54) is 11.3 Å². The smallest absolute Gasteiger partial charge is 0.263 e. The van der Waals surface area contributed by atoms with Crippen LogP contribution in [0.5, 0.6) is 0 Å². The third kappa shape index (κ3) is 3.43. The van der Waals surface area contributed by atoms with Gasteiger partial charge in [-0.1, -0.05) is 0 Å². The Kier molecular flexibility index (Phi) is 4.55. The fourth-order valence-corrected chi connectivity index (χ4v) is 1.69. The lowest BCUT2D eigenvalue weighted by Gasteiger charge is -2.01. The minimum atomic E-state index is -0.0754. The van der Waals surface area contributed by atoms with E-state index in [2.05, 4.69) is 10.3 Å². The molecule has 1 aromatic heterocycles. The van der Waals surface area contributed by atoms with Gasteiger partial charge in [-0.3, -0.25) is 4.79 Å². The molecule has 0 bridgehead atoms. The SMILES string of the molecule is Cc1ncc(C(=O)NCCCCO)s1. The summed E-state index contributed by atoms with van der Waals surface area (Å²) in [6, 6.07) is 0. The van der Waals surface area contributed by atoms with Gasteiger partial charge in [0, 0.05) is 13.2 Å². The van der Waals surface area contributed by atoms with Gasteiger partial charge in [-0.2, -0.15) is 0 Å². The van der Waals surface area contributed by atoms with Crippen molar-refractivity contribution in [2.75, 3.05) is 13.2 Å². The molecular weight excluding hydrogens is 200 g/mol. The van der Waals surface area contributed by atoms with E-state index in [1.54, 1.807) is 6.20 Å². The monoisotopic (exact) mass is 214 g/mol. The highest BCUT2D eigenvalue weighted by atomic mass is 32.1. The summed E-state index contributed by atoms with van der Waals surface area (Å²) in [4.78, 5) is 16.1. The molecule has 0 fully saturated rings. The molecule has 1 aromatic rings. The number of aromatic nitrogens is 1. The maximum atomic E-state index is 11.4. The molecule has 0 unspecified atom stereocenters. The van der Waals surface area contributed by atoms with Gasteiger partial charge in [0.15, 0.2) is 0 Å². The highest BCUT2D eigenvalue weighted by molar-refractivity contribution is 7.13. The molecule has 14 heavy (non-hydrogen) atoms. The Labute approximate surface area is 87.0 Å². The van der Waals surface area contributed by atoms with Crippen molar-refractivity contribution in [3.05, 3.63) is 16.1 Å². The molecule has 0 aliphatic carbocycles. The molecule has 1 heterocycles. The Morgan fingerprint density at radius 3 is 3.00 bits per heavy atom. The number of hydrogen-bond acceptors (Lipinski definition) is 4. The lowest BCUT2D eigenvalue weighted by atomic mass is 10.3. The van der Waals surface area contributed by atoms with E-state index in [1.807, 2.05) is 6.92 Å². The molecule has 2 N–H and O–H groups in total. The molecule has 78 valence electrons. The van der Waals surface area contributed by atoms with Crippen LogP contribution in [0.4, 0.5) is 0 Å². The van der Waals surface area contributed by atoms with Crippen molar-refractivity contribution in [2.45, 2.75) is 19.8 Å². The molecule has 0 aromatic carbocycles. The van der Waals surface area contributed by atoms with Crippen LogP contribution in [0, 0.1) is 6.92 Å². The fourth-order valence-electron chi connectivity index (χ4n) is 0.992. The largest absolute Gasteiger partial charge is 0.396 e. The average Bonchev–Trinajstić information content (AvgIpc) is 2.59. The number of aryl methyl sites for hydroxylation is 1. The molecule has 0 aliphatic rings. The number of nitrogens with one attached hydrogen (secondary N) is 1. The van der Waals surface area contributed by atoms with Gasteiger partial charge in [-0.15, -0.1) is 11.3 Å². The summed E-state index contributed by atoms with van der Waals surface area (Å²) in [5, 5.41) is 12.2. The first-order chi connectivity index (χ1) is 6.74. The quantitative estimate of drug-likeness (QED) is 0.717. The van der Waals surface area contributed by atoms with Gasteiger partial charge in [0.05, 0.1) is 11.2 Å². The van der Waals surface area contributed by atoms with Crippen LogP contribution in [0.25, 0.3) is 0 Å². The van der Waals surface area contributed by atoms with E-state index >= 15 is 0 Å². The number of unbranched alkanes of at least 4 members (excludes halogenated alkanes) is 1. The molecule has 4 nitrogen and oxygen atoms in total. The normalized spacial score (nSPS) is 10.1. The summed E-state index contributed by atoms with van der Waals surface area (Å²) in [7, 11) is 0. The average molecular weight is 214 g/mol. The summed E-state index contributed by atoms with van der Waals surface area (Å²) in [5.41, 5.74) is 0. The zero-order chi connectivity index (χ0) is 10.4. The number of rotatable bonds is 5. The number of amides is 1. The van der Waals surface area contributed by atoms with Crippen molar-refractivity contribution in [3.63, 3.8) is 0 Å².